The fraction of sp³-hybridized carbons (Fsp3) is 0.900. The van der Waals surface area contributed by atoms with Gasteiger partial charge in [-0.2, -0.15) is 0 Å². The monoisotopic (exact) mass is 200 g/mol. The molecule has 0 amide bonds. The molecule has 0 radical (unpaired) electrons. The van der Waals surface area contributed by atoms with E-state index in [2.05, 4.69) is 4.74 Å². The Kier molecular flexibility index (Phi) is 2.08. The molecule has 1 saturated carbocycles. The predicted molar refractivity (Wildman–Crippen MR) is 48.6 cm³/mol. The zero-order valence-electron chi connectivity index (χ0n) is 8.83. The van der Waals surface area contributed by atoms with Crippen LogP contribution in [0, 0.1) is 5.92 Å². The van der Waals surface area contributed by atoms with E-state index in [0.717, 1.165) is 12.8 Å². The average Bonchev–Trinajstić information content (AvgIpc) is 2.38. The van der Waals surface area contributed by atoms with E-state index in [1.54, 1.807) is 0 Å². The summed E-state index contributed by atoms with van der Waals surface area (Å²) in [6.45, 7) is 4.38. The van der Waals surface area contributed by atoms with E-state index in [-0.39, 0.29) is 17.5 Å². The third kappa shape index (κ3) is 1.53. The van der Waals surface area contributed by atoms with Crippen molar-refractivity contribution in [2.45, 2.75) is 38.1 Å². The molecule has 1 heterocycles. The third-order valence-electron chi connectivity index (χ3n) is 2.92. The molecule has 0 unspecified atom stereocenters. The molecule has 0 aromatic carbocycles. The first-order valence-electron chi connectivity index (χ1n) is 4.88. The molecule has 0 aromatic heterocycles. The van der Waals surface area contributed by atoms with Crippen molar-refractivity contribution in [3.8, 4) is 0 Å². The van der Waals surface area contributed by atoms with Crippen LogP contribution in [0.15, 0.2) is 0 Å². The van der Waals surface area contributed by atoms with Gasteiger partial charge in [0.1, 0.15) is 0 Å². The number of ether oxygens (including phenoxy) is 3. The lowest BCUT2D eigenvalue weighted by atomic mass is 9.71. The fourth-order valence-electron chi connectivity index (χ4n) is 2.26. The first kappa shape index (κ1) is 9.93. The van der Waals surface area contributed by atoms with Crippen molar-refractivity contribution in [1.29, 1.82) is 0 Å². The van der Waals surface area contributed by atoms with Crippen molar-refractivity contribution in [2.24, 2.45) is 5.92 Å². The Labute approximate surface area is 83.5 Å². The number of rotatable bonds is 1. The number of esters is 1. The van der Waals surface area contributed by atoms with Crippen LogP contribution in [0.1, 0.15) is 26.7 Å². The van der Waals surface area contributed by atoms with E-state index in [1.807, 2.05) is 13.8 Å². The molecule has 2 rings (SSSR count). The standard InChI is InChI=1S/C10H16O4/c1-9(2)13-6-10(14-9)4-7(5-10)8(11)12-3/h7H,4-6H2,1-3H3/t7-,10-. The normalized spacial score (nSPS) is 39.5. The Balaban J connectivity index is 1.91. The lowest BCUT2D eigenvalue weighted by molar-refractivity contribution is -0.196. The maximum absolute atomic E-state index is 11.2. The summed E-state index contributed by atoms with van der Waals surface area (Å²) in [6, 6.07) is 0. The van der Waals surface area contributed by atoms with Crippen molar-refractivity contribution in [1.82, 2.24) is 0 Å². The second kappa shape index (κ2) is 2.94. The summed E-state index contributed by atoms with van der Waals surface area (Å²) in [5, 5.41) is 0. The summed E-state index contributed by atoms with van der Waals surface area (Å²) < 4.78 is 15.9. The van der Waals surface area contributed by atoms with Gasteiger partial charge in [-0.05, 0) is 26.7 Å². The Morgan fingerprint density at radius 2 is 2.07 bits per heavy atom. The van der Waals surface area contributed by atoms with Crippen molar-refractivity contribution in [3.05, 3.63) is 0 Å². The molecule has 4 heteroatoms. The smallest absolute Gasteiger partial charge is 0.308 e. The number of methoxy groups -OCH3 is 1. The minimum atomic E-state index is -0.499. The average molecular weight is 200 g/mol. The summed E-state index contributed by atoms with van der Waals surface area (Å²) in [6.07, 6.45) is 1.45. The van der Waals surface area contributed by atoms with E-state index >= 15 is 0 Å². The van der Waals surface area contributed by atoms with Crippen molar-refractivity contribution in [2.75, 3.05) is 13.7 Å². The largest absolute Gasteiger partial charge is 0.469 e. The molecule has 4 nitrogen and oxygen atoms in total. The van der Waals surface area contributed by atoms with Gasteiger partial charge in [-0.3, -0.25) is 4.79 Å². The molecule has 2 aliphatic rings. The van der Waals surface area contributed by atoms with Gasteiger partial charge in [-0.1, -0.05) is 0 Å². The van der Waals surface area contributed by atoms with E-state index in [4.69, 9.17) is 9.47 Å². The Hall–Kier alpha value is -0.610. The summed E-state index contributed by atoms with van der Waals surface area (Å²) in [4.78, 5) is 11.2. The van der Waals surface area contributed by atoms with Crippen LogP contribution in [0.4, 0.5) is 0 Å². The number of carbonyl (C=O) groups excluding carboxylic acids is 1. The lowest BCUT2D eigenvalue weighted by Crippen LogP contribution is -2.50. The van der Waals surface area contributed by atoms with E-state index < -0.39 is 5.79 Å². The molecule has 0 aromatic rings. The number of hydrogen-bond donors (Lipinski definition) is 0. The fourth-order valence-corrected chi connectivity index (χ4v) is 2.26. The predicted octanol–water partition coefficient (Wildman–Crippen LogP) is 1.09. The second-order valence-electron chi connectivity index (χ2n) is 4.60. The van der Waals surface area contributed by atoms with Gasteiger partial charge in [-0.25, -0.2) is 0 Å². The Morgan fingerprint density at radius 3 is 2.50 bits per heavy atom. The zero-order valence-corrected chi connectivity index (χ0v) is 8.83. The van der Waals surface area contributed by atoms with Gasteiger partial charge >= 0.3 is 5.97 Å². The van der Waals surface area contributed by atoms with Gasteiger partial charge in [0.25, 0.3) is 0 Å². The van der Waals surface area contributed by atoms with Gasteiger partial charge in [0.15, 0.2) is 5.79 Å². The first-order chi connectivity index (χ1) is 6.46. The van der Waals surface area contributed by atoms with Gasteiger partial charge in [0, 0.05) is 0 Å². The molecular formula is C10H16O4. The van der Waals surface area contributed by atoms with Crippen molar-refractivity contribution < 1.29 is 19.0 Å². The third-order valence-corrected chi connectivity index (χ3v) is 2.92. The Bertz CT molecular complexity index is 253. The van der Waals surface area contributed by atoms with Crippen LogP contribution in [0.5, 0.6) is 0 Å². The highest BCUT2D eigenvalue weighted by Crippen LogP contribution is 2.48. The van der Waals surface area contributed by atoms with Crippen LogP contribution in [-0.4, -0.2) is 31.1 Å². The van der Waals surface area contributed by atoms with Crippen LogP contribution in [0.25, 0.3) is 0 Å². The summed E-state index contributed by atoms with van der Waals surface area (Å²) in [5.41, 5.74) is -0.220. The summed E-state index contributed by atoms with van der Waals surface area (Å²) in [5.74, 6) is -0.636. The number of hydrogen-bond acceptors (Lipinski definition) is 4. The molecule has 1 saturated heterocycles. The molecule has 1 aliphatic carbocycles. The molecule has 0 atom stereocenters. The quantitative estimate of drug-likeness (QED) is 0.594. The highest BCUT2D eigenvalue weighted by molar-refractivity contribution is 5.73. The number of carbonyl (C=O) groups is 1. The van der Waals surface area contributed by atoms with Crippen LogP contribution in [0.3, 0.4) is 0 Å². The maximum atomic E-state index is 11.2. The molecule has 0 N–H and O–H groups in total. The maximum Gasteiger partial charge on any atom is 0.308 e. The minimum Gasteiger partial charge on any atom is -0.469 e. The summed E-state index contributed by atoms with van der Waals surface area (Å²) in [7, 11) is 1.42. The van der Waals surface area contributed by atoms with E-state index in [1.165, 1.54) is 7.11 Å². The van der Waals surface area contributed by atoms with Crippen LogP contribution < -0.4 is 0 Å². The molecule has 1 spiro atoms. The molecule has 14 heavy (non-hydrogen) atoms. The molecule has 2 fully saturated rings. The minimum absolute atomic E-state index is 0.00231. The van der Waals surface area contributed by atoms with Crippen LogP contribution >= 0.6 is 0 Å². The molecule has 1 aliphatic heterocycles. The molecule has 80 valence electrons. The topological polar surface area (TPSA) is 44.8 Å². The second-order valence-corrected chi connectivity index (χ2v) is 4.60. The highest BCUT2D eigenvalue weighted by atomic mass is 16.8. The SMILES string of the molecule is COC(=O)[C@H]1C[C@@]2(COC(C)(C)O2)C1. The van der Waals surface area contributed by atoms with Gasteiger partial charge in [0.05, 0.1) is 25.2 Å². The lowest BCUT2D eigenvalue weighted by Gasteiger charge is -2.42. The van der Waals surface area contributed by atoms with Crippen LogP contribution in [0.2, 0.25) is 0 Å². The van der Waals surface area contributed by atoms with Gasteiger partial charge in [0.2, 0.25) is 0 Å². The van der Waals surface area contributed by atoms with Gasteiger partial charge < -0.3 is 14.2 Å². The molecule has 0 bridgehead atoms. The summed E-state index contributed by atoms with van der Waals surface area (Å²) >= 11 is 0. The van der Waals surface area contributed by atoms with E-state index in [0.29, 0.717) is 6.61 Å². The Morgan fingerprint density at radius 1 is 1.43 bits per heavy atom. The van der Waals surface area contributed by atoms with E-state index in [9.17, 15) is 4.79 Å². The van der Waals surface area contributed by atoms with Crippen molar-refractivity contribution >= 4 is 5.97 Å². The molecular weight excluding hydrogens is 184 g/mol. The van der Waals surface area contributed by atoms with Crippen LogP contribution in [-0.2, 0) is 19.0 Å². The highest BCUT2D eigenvalue weighted by Gasteiger charge is 2.56. The van der Waals surface area contributed by atoms with Crippen molar-refractivity contribution in [3.63, 3.8) is 0 Å². The van der Waals surface area contributed by atoms with Gasteiger partial charge in [-0.15, -0.1) is 0 Å². The first-order valence-corrected chi connectivity index (χ1v) is 4.88. The zero-order chi connectivity index (χ0) is 10.4.